The smallest absolute Gasteiger partial charge is 0.326 e. The highest BCUT2D eigenvalue weighted by Crippen LogP contribution is 2.34. The summed E-state index contributed by atoms with van der Waals surface area (Å²) in [5.74, 6) is 0.200. The van der Waals surface area contributed by atoms with Gasteiger partial charge in [0.25, 0.3) is 0 Å². The summed E-state index contributed by atoms with van der Waals surface area (Å²) in [7, 11) is 1.61. The van der Waals surface area contributed by atoms with Crippen LogP contribution in [0.1, 0.15) is 69.8 Å². The number of hydrogen-bond donors (Lipinski definition) is 2. The quantitative estimate of drug-likeness (QED) is 0.234. The van der Waals surface area contributed by atoms with Crippen molar-refractivity contribution in [2.45, 2.75) is 82.4 Å². The Balaban J connectivity index is 1.51. The average Bonchev–Trinajstić information content (AvgIpc) is 3.40. The largest absolute Gasteiger partial charge is 0.496 e. The van der Waals surface area contributed by atoms with Crippen LogP contribution in [0.15, 0.2) is 43.6 Å². The molecule has 1 aromatic carbocycles. The maximum Gasteiger partial charge on any atom is 0.326 e. The number of methoxy groups -OCH3 is 1. The highest BCUT2D eigenvalue weighted by atomic mass is 16.5. The Bertz CT molecular complexity index is 1190. The van der Waals surface area contributed by atoms with Crippen LogP contribution in [0, 0.1) is 5.92 Å². The number of carbonyl (C=O) groups is 2. The fourth-order valence-corrected chi connectivity index (χ4v) is 6.09. The number of nitrogens with zero attached hydrogens (tertiary/aromatic N) is 2. The number of nitrogens with one attached hydrogen (secondary N) is 1. The molecule has 2 aliphatic rings. The summed E-state index contributed by atoms with van der Waals surface area (Å²) in [6, 6.07) is 4.38. The lowest BCUT2D eigenvalue weighted by Crippen LogP contribution is -2.54. The molecule has 0 spiro atoms. The van der Waals surface area contributed by atoms with Gasteiger partial charge in [0.1, 0.15) is 17.9 Å². The number of carboxylic acid groups (broad SMARTS) is 1. The maximum atomic E-state index is 14.0. The molecule has 3 atom stereocenters. The summed E-state index contributed by atoms with van der Waals surface area (Å²) in [5.41, 5.74) is 0.811. The van der Waals surface area contributed by atoms with Crippen LogP contribution in [0.3, 0.4) is 0 Å². The van der Waals surface area contributed by atoms with Crippen molar-refractivity contribution in [1.29, 1.82) is 0 Å². The molecular weight excluding hydrogens is 506 g/mol. The standard InChI is InChI=1S/C32H43N3O5/c1-4-6-7-8-12-16-33-29(23-13-10-9-11-14-23)31(36)35-21-25(20-27(35)32(37)38)40-30-26-18-22(5-2)28(39-3)19-24(26)15-17-34-30/h4-5,15,17-19,23,25,27,29,33H,1-2,6-14,16,20-21H2,3H3,(H,37,38)/t25-,27+,29+/m1/s1. The van der Waals surface area contributed by atoms with Gasteiger partial charge in [-0.15, -0.1) is 6.58 Å². The number of pyridine rings is 1. The third-order valence-corrected chi connectivity index (χ3v) is 8.24. The van der Waals surface area contributed by atoms with Crippen LogP contribution in [-0.4, -0.2) is 65.3 Å². The predicted molar refractivity (Wildman–Crippen MR) is 158 cm³/mol. The Morgan fingerprint density at radius 3 is 2.70 bits per heavy atom. The number of aromatic nitrogens is 1. The van der Waals surface area contributed by atoms with E-state index in [1.54, 1.807) is 19.4 Å². The molecule has 8 nitrogen and oxygen atoms in total. The van der Waals surface area contributed by atoms with Gasteiger partial charge >= 0.3 is 5.97 Å². The molecule has 1 saturated carbocycles. The van der Waals surface area contributed by atoms with Crippen molar-refractivity contribution in [2.75, 3.05) is 20.2 Å². The van der Waals surface area contributed by atoms with E-state index in [4.69, 9.17) is 9.47 Å². The second-order valence-electron chi connectivity index (χ2n) is 10.9. The van der Waals surface area contributed by atoms with E-state index in [9.17, 15) is 14.7 Å². The number of unbranched alkanes of at least 4 members (excludes halogenated alkanes) is 3. The molecule has 1 aromatic heterocycles. The summed E-state index contributed by atoms with van der Waals surface area (Å²) >= 11 is 0. The first-order valence-corrected chi connectivity index (χ1v) is 14.6. The number of likely N-dealkylation sites (tertiary alicyclic amines) is 1. The molecule has 216 valence electrons. The molecule has 2 heterocycles. The van der Waals surface area contributed by atoms with Gasteiger partial charge in [0.05, 0.1) is 19.7 Å². The van der Waals surface area contributed by atoms with Crippen LogP contribution in [-0.2, 0) is 9.59 Å². The molecule has 1 aliphatic carbocycles. The van der Waals surface area contributed by atoms with E-state index in [1.165, 1.54) is 11.3 Å². The number of carbonyl (C=O) groups excluding carboxylic acids is 1. The Hall–Kier alpha value is -3.39. The highest BCUT2D eigenvalue weighted by molar-refractivity contribution is 5.91. The predicted octanol–water partition coefficient (Wildman–Crippen LogP) is 5.60. The van der Waals surface area contributed by atoms with Gasteiger partial charge in [-0.2, -0.15) is 0 Å². The van der Waals surface area contributed by atoms with E-state index in [0.29, 0.717) is 11.6 Å². The molecule has 1 aliphatic heterocycles. The summed E-state index contributed by atoms with van der Waals surface area (Å²) in [5, 5.41) is 15.3. The van der Waals surface area contributed by atoms with Crippen molar-refractivity contribution in [3.8, 4) is 11.6 Å². The number of hydrogen-bond acceptors (Lipinski definition) is 6. The number of allylic oxidation sites excluding steroid dienone is 1. The zero-order chi connectivity index (χ0) is 28.5. The van der Waals surface area contributed by atoms with E-state index in [-0.39, 0.29) is 30.8 Å². The number of rotatable bonds is 14. The number of fused-ring (bicyclic) bond motifs is 1. The van der Waals surface area contributed by atoms with E-state index < -0.39 is 18.1 Å². The monoisotopic (exact) mass is 549 g/mol. The summed E-state index contributed by atoms with van der Waals surface area (Å²) in [6.45, 7) is 8.61. The number of amides is 1. The Morgan fingerprint density at radius 2 is 2.00 bits per heavy atom. The van der Waals surface area contributed by atoms with Gasteiger partial charge < -0.3 is 24.8 Å². The minimum Gasteiger partial charge on any atom is -0.496 e. The molecule has 2 fully saturated rings. The zero-order valence-corrected chi connectivity index (χ0v) is 23.6. The molecular formula is C32H43N3O5. The van der Waals surface area contributed by atoms with Crippen molar-refractivity contribution >= 4 is 28.7 Å². The van der Waals surface area contributed by atoms with Crippen molar-refractivity contribution in [3.05, 3.63) is 49.2 Å². The molecule has 4 rings (SSSR count). The third kappa shape index (κ3) is 7.02. The number of carboxylic acids is 1. The molecule has 1 saturated heterocycles. The normalized spacial score (nSPS) is 20.3. The van der Waals surface area contributed by atoms with Crippen LogP contribution in [0.5, 0.6) is 11.6 Å². The molecule has 2 N–H and O–H groups in total. The molecule has 0 radical (unpaired) electrons. The fraction of sp³-hybridized carbons (Fsp3) is 0.531. The van der Waals surface area contributed by atoms with Gasteiger partial charge in [0, 0.05) is 23.6 Å². The second kappa shape index (κ2) is 14.3. The minimum atomic E-state index is -1.00. The average molecular weight is 550 g/mol. The van der Waals surface area contributed by atoms with Crippen molar-refractivity contribution in [2.24, 2.45) is 5.92 Å². The van der Waals surface area contributed by atoms with Crippen LogP contribution < -0.4 is 14.8 Å². The van der Waals surface area contributed by atoms with E-state index >= 15 is 0 Å². The first kappa shape index (κ1) is 29.6. The SMILES string of the molecule is C=CCCCCCN[C@H](C(=O)N1C[C@H](Oc2nccc3cc(OC)c(C=C)cc23)C[C@H]1C(=O)O)C1CCCCC1. The molecule has 8 heteroatoms. The van der Waals surface area contributed by atoms with Gasteiger partial charge in [-0.1, -0.05) is 44.4 Å². The van der Waals surface area contributed by atoms with Gasteiger partial charge in [-0.25, -0.2) is 9.78 Å². The highest BCUT2D eigenvalue weighted by Gasteiger charge is 2.44. The first-order chi connectivity index (χ1) is 19.5. The van der Waals surface area contributed by atoms with Gasteiger partial charge in [-0.05, 0) is 68.2 Å². The lowest BCUT2D eigenvalue weighted by molar-refractivity contribution is -0.149. The van der Waals surface area contributed by atoms with E-state index in [2.05, 4.69) is 23.5 Å². The maximum absolute atomic E-state index is 14.0. The van der Waals surface area contributed by atoms with Gasteiger partial charge in [0.2, 0.25) is 11.8 Å². The zero-order valence-electron chi connectivity index (χ0n) is 23.6. The Kier molecular flexibility index (Phi) is 10.6. The van der Waals surface area contributed by atoms with Gasteiger partial charge in [-0.3, -0.25) is 4.79 Å². The Morgan fingerprint density at radius 1 is 1.20 bits per heavy atom. The van der Waals surface area contributed by atoms with E-state index in [1.807, 2.05) is 24.3 Å². The fourth-order valence-electron chi connectivity index (χ4n) is 6.09. The van der Waals surface area contributed by atoms with Crippen molar-refractivity contribution in [1.82, 2.24) is 15.2 Å². The van der Waals surface area contributed by atoms with Crippen molar-refractivity contribution in [3.63, 3.8) is 0 Å². The lowest BCUT2D eigenvalue weighted by Gasteiger charge is -2.34. The van der Waals surface area contributed by atoms with Gasteiger partial charge in [0.15, 0.2) is 0 Å². The number of aliphatic carboxylic acids is 1. The van der Waals surface area contributed by atoms with Crippen LogP contribution >= 0.6 is 0 Å². The summed E-state index contributed by atoms with van der Waals surface area (Å²) in [4.78, 5) is 32.3. The molecule has 0 bridgehead atoms. The van der Waals surface area contributed by atoms with Crippen molar-refractivity contribution < 1.29 is 24.2 Å². The third-order valence-electron chi connectivity index (χ3n) is 8.24. The molecule has 1 amide bonds. The molecule has 0 unspecified atom stereocenters. The molecule has 40 heavy (non-hydrogen) atoms. The lowest BCUT2D eigenvalue weighted by atomic mass is 9.83. The second-order valence-corrected chi connectivity index (χ2v) is 10.9. The van der Waals surface area contributed by atoms with Crippen LogP contribution in [0.25, 0.3) is 16.8 Å². The Labute approximate surface area is 237 Å². The molecule has 2 aromatic rings. The summed E-state index contributed by atoms with van der Waals surface area (Å²) in [6.07, 6.45) is 14.5. The van der Waals surface area contributed by atoms with Crippen LogP contribution in [0.2, 0.25) is 0 Å². The van der Waals surface area contributed by atoms with Crippen LogP contribution in [0.4, 0.5) is 0 Å². The number of ether oxygens (including phenoxy) is 2. The first-order valence-electron chi connectivity index (χ1n) is 14.6. The topological polar surface area (TPSA) is 101 Å². The summed E-state index contributed by atoms with van der Waals surface area (Å²) < 4.78 is 11.8. The minimum absolute atomic E-state index is 0.124. The number of benzene rings is 1. The van der Waals surface area contributed by atoms with E-state index in [0.717, 1.165) is 74.2 Å².